The molecule has 33 heavy (non-hydrogen) atoms. The number of benzene rings is 1. The third-order valence-electron chi connectivity index (χ3n) is 7.22. The smallest absolute Gasteiger partial charge is 0.240 e. The molecule has 5 rings (SSSR count). The number of carbonyl (C=O) groups excluding carboxylic acids is 1. The molecule has 3 heterocycles. The first-order chi connectivity index (χ1) is 16.1. The molecular weight excluding hydrogens is 418 g/mol. The Morgan fingerprint density at radius 2 is 2.06 bits per heavy atom. The summed E-state index contributed by atoms with van der Waals surface area (Å²) in [5.41, 5.74) is 3.72. The predicted molar refractivity (Wildman–Crippen MR) is 122 cm³/mol. The maximum atomic E-state index is 13.8. The maximum Gasteiger partial charge on any atom is 0.240 e. The van der Waals surface area contributed by atoms with Gasteiger partial charge in [-0.05, 0) is 50.7 Å². The number of anilines is 1. The number of fused-ring (bicyclic) bond motifs is 3. The molecule has 8 nitrogen and oxygen atoms in total. The van der Waals surface area contributed by atoms with Crippen LogP contribution in [0, 0.1) is 11.3 Å². The van der Waals surface area contributed by atoms with Gasteiger partial charge in [0.1, 0.15) is 11.2 Å². The molecule has 1 aliphatic carbocycles. The van der Waals surface area contributed by atoms with Gasteiger partial charge in [-0.2, -0.15) is 5.26 Å². The maximum absolute atomic E-state index is 13.8. The van der Waals surface area contributed by atoms with Crippen LogP contribution in [0.4, 0.5) is 5.69 Å². The normalized spacial score (nSPS) is 19.8. The number of carbonyl (C=O) groups is 1. The number of aryl methyl sites for hydroxylation is 1. The first-order valence-electron chi connectivity index (χ1n) is 12.0. The Labute approximate surface area is 194 Å². The monoisotopic (exact) mass is 449 g/mol. The molecule has 2 aromatic rings. The van der Waals surface area contributed by atoms with Gasteiger partial charge >= 0.3 is 0 Å². The lowest BCUT2D eigenvalue weighted by atomic mass is 9.75. The summed E-state index contributed by atoms with van der Waals surface area (Å²) in [5.74, 6) is 0.971. The Morgan fingerprint density at radius 1 is 1.27 bits per heavy atom. The molecule has 1 unspecified atom stereocenters. The molecule has 1 aromatic heterocycles. The van der Waals surface area contributed by atoms with E-state index in [1.165, 1.54) is 5.69 Å². The lowest BCUT2D eigenvalue weighted by Crippen LogP contribution is -2.66. The third kappa shape index (κ3) is 3.65. The molecule has 8 heteroatoms. The predicted octanol–water partition coefficient (Wildman–Crippen LogP) is 2.48. The molecule has 1 amide bonds. The van der Waals surface area contributed by atoms with Crippen LogP contribution in [-0.4, -0.2) is 51.6 Å². The molecule has 174 valence electrons. The molecule has 0 radical (unpaired) electrons. The van der Waals surface area contributed by atoms with E-state index in [0.717, 1.165) is 61.4 Å². The zero-order valence-corrected chi connectivity index (χ0v) is 19.2. The number of aliphatic hydroxyl groups excluding tert-OH is 1. The van der Waals surface area contributed by atoms with E-state index in [-0.39, 0.29) is 5.91 Å². The number of aromatic nitrogens is 2. The van der Waals surface area contributed by atoms with Gasteiger partial charge in [0.25, 0.3) is 0 Å². The van der Waals surface area contributed by atoms with Crippen LogP contribution in [0.1, 0.15) is 55.4 Å². The second-order valence-electron chi connectivity index (χ2n) is 9.22. The first-order valence-corrected chi connectivity index (χ1v) is 12.0. The number of aliphatic hydroxyl groups is 1. The van der Waals surface area contributed by atoms with E-state index < -0.39 is 11.8 Å². The zero-order chi connectivity index (χ0) is 23.0. The van der Waals surface area contributed by atoms with Crippen molar-refractivity contribution in [3.63, 3.8) is 0 Å². The third-order valence-corrected chi connectivity index (χ3v) is 7.22. The fourth-order valence-corrected chi connectivity index (χ4v) is 5.62. The van der Waals surface area contributed by atoms with Crippen molar-refractivity contribution in [2.75, 3.05) is 24.6 Å². The Kier molecular flexibility index (Phi) is 5.95. The van der Waals surface area contributed by atoms with E-state index in [0.29, 0.717) is 32.7 Å². The molecule has 3 aliphatic rings. The summed E-state index contributed by atoms with van der Waals surface area (Å²) < 4.78 is 7.59. The Bertz CT molecular complexity index is 1080. The van der Waals surface area contributed by atoms with Gasteiger partial charge in [0.15, 0.2) is 0 Å². The molecule has 0 bridgehead atoms. The quantitative estimate of drug-likeness (QED) is 0.492. The second-order valence-corrected chi connectivity index (χ2v) is 9.22. The van der Waals surface area contributed by atoms with E-state index in [4.69, 9.17) is 15.0 Å². The van der Waals surface area contributed by atoms with Crippen molar-refractivity contribution < 1.29 is 14.6 Å². The molecule has 1 N–H and O–H groups in total. The van der Waals surface area contributed by atoms with E-state index in [1.807, 2.05) is 36.1 Å². The minimum atomic E-state index is -0.986. The van der Waals surface area contributed by atoms with Gasteiger partial charge < -0.3 is 19.3 Å². The number of imidazole rings is 1. The van der Waals surface area contributed by atoms with Crippen molar-refractivity contribution >= 4 is 11.6 Å². The van der Waals surface area contributed by atoms with Crippen LogP contribution >= 0.6 is 0 Å². The van der Waals surface area contributed by atoms with Crippen molar-refractivity contribution in [2.24, 2.45) is 0 Å². The number of rotatable bonds is 8. The Balaban J connectivity index is 1.44. The summed E-state index contributed by atoms with van der Waals surface area (Å²) in [7, 11) is 0. The van der Waals surface area contributed by atoms with E-state index in [2.05, 4.69) is 10.6 Å². The summed E-state index contributed by atoms with van der Waals surface area (Å²) in [6.07, 6.45) is 4.60. The zero-order valence-electron chi connectivity index (χ0n) is 19.2. The van der Waals surface area contributed by atoms with Crippen molar-refractivity contribution in [1.82, 2.24) is 14.5 Å². The molecule has 1 saturated heterocycles. The van der Waals surface area contributed by atoms with Crippen molar-refractivity contribution in [3.8, 4) is 6.07 Å². The number of nitriles is 1. The first kappa shape index (κ1) is 22.1. The van der Waals surface area contributed by atoms with Crippen LogP contribution in [0.2, 0.25) is 0 Å². The fraction of sp³-hybridized carbons (Fsp3) is 0.560. The number of nitrogens with zero attached hydrogens (tertiary/aromatic N) is 5. The second kappa shape index (κ2) is 8.90. The Hall–Kier alpha value is -2.73. The van der Waals surface area contributed by atoms with E-state index in [1.54, 1.807) is 4.90 Å². The highest BCUT2D eigenvalue weighted by Gasteiger charge is 2.59. The molecule has 0 saturated carbocycles. The van der Waals surface area contributed by atoms with Gasteiger partial charge in [-0.1, -0.05) is 18.2 Å². The number of hydrogen-bond donors (Lipinski definition) is 1. The van der Waals surface area contributed by atoms with Crippen molar-refractivity contribution in [3.05, 3.63) is 47.0 Å². The van der Waals surface area contributed by atoms with Gasteiger partial charge in [-0.25, -0.2) is 4.98 Å². The number of para-hydroxylation sites is 1. The van der Waals surface area contributed by atoms with Crippen LogP contribution in [0.25, 0.3) is 0 Å². The van der Waals surface area contributed by atoms with E-state index >= 15 is 0 Å². The van der Waals surface area contributed by atoms with Gasteiger partial charge in [0, 0.05) is 44.0 Å². The molecule has 1 atom stereocenters. The summed E-state index contributed by atoms with van der Waals surface area (Å²) in [5, 5.41) is 19.2. The minimum absolute atomic E-state index is 0.0631. The molecule has 1 fully saturated rings. The fourth-order valence-electron chi connectivity index (χ4n) is 5.62. The number of hydrogen-bond acceptors (Lipinski definition) is 6. The summed E-state index contributed by atoms with van der Waals surface area (Å²) in [4.78, 5) is 22.4. The van der Waals surface area contributed by atoms with Gasteiger partial charge in [-0.15, -0.1) is 0 Å². The molecule has 2 aliphatic heterocycles. The van der Waals surface area contributed by atoms with Crippen LogP contribution in [-0.2, 0) is 40.9 Å². The van der Waals surface area contributed by atoms with Crippen LogP contribution in [0.15, 0.2) is 24.3 Å². The van der Waals surface area contributed by atoms with Crippen molar-refractivity contribution in [2.45, 2.75) is 70.4 Å². The van der Waals surface area contributed by atoms with E-state index in [9.17, 15) is 9.90 Å². The summed E-state index contributed by atoms with van der Waals surface area (Å²) in [6, 6.07) is 10.2. The minimum Gasteiger partial charge on any atom is -0.356 e. The van der Waals surface area contributed by atoms with Crippen molar-refractivity contribution in [1.29, 1.82) is 5.26 Å². The van der Waals surface area contributed by atoms with Gasteiger partial charge in [0.2, 0.25) is 12.3 Å². The number of amides is 1. The lowest BCUT2D eigenvalue weighted by molar-refractivity contribution is -0.223. The average Bonchev–Trinajstić information content (AvgIpc) is 3.26. The lowest BCUT2D eigenvalue weighted by Gasteiger charge is -2.48. The highest BCUT2D eigenvalue weighted by atomic mass is 16.6. The molecule has 1 spiro atoms. The highest BCUT2D eigenvalue weighted by Crippen LogP contribution is 2.48. The van der Waals surface area contributed by atoms with Gasteiger partial charge in [0.05, 0.1) is 18.3 Å². The van der Waals surface area contributed by atoms with Crippen LogP contribution in [0.3, 0.4) is 0 Å². The largest absolute Gasteiger partial charge is 0.356 e. The Morgan fingerprint density at radius 3 is 2.85 bits per heavy atom. The van der Waals surface area contributed by atoms with Crippen LogP contribution in [0.5, 0.6) is 0 Å². The van der Waals surface area contributed by atoms with Gasteiger partial charge in [-0.3, -0.25) is 9.69 Å². The summed E-state index contributed by atoms with van der Waals surface area (Å²) >= 11 is 0. The van der Waals surface area contributed by atoms with Crippen LogP contribution < -0.4 is 4.90 Å². The topological polar surface area (TPSA) is 94.6 Å². The molecular formula is C25H31N5O3. The highest BCUT2D eigenvalue weighted by molar-refractivity contribution is 6.09. The number of likely N-dealkylation sites (tertiary alicyclic amines) is 1. The summed E-state index contributed by atoms with van der Waals surface area (Å²) in [6.45, 7) is 4.32. The SMILES string of the molecule is CCOC(O)N1CC2(C1)C(=O)N(Cc1nc3c(n1CCCC#N)CCCC3)c1ccccc12. The number of unbranched alkanes of at least 4 members (excludes halogenated alkanes) is 1. The average molecular weight is 450 g/mol. The standard InChI is InChI=1S/C25H31N5O3/c1-2-33-24(32)28-16-25(17-28)18-9-3-5-11-20(18)30(23(25)31)15-22-27-19-10-4-6-12-21(19)29(22)14-8-7-13-26/h3,5,9,11,24,32H,2,4,6-8,10,12,14-17H2,1H3. The molecule has 1 aromatic carbocycles. The number of ether oxygens (including phenoxy) is 1.